The number of rotatable bonds is 8. The van der Waals surface area contributed by atoms with Crippen molar-refractivity contribution in [2.45, 2.75) is 33.6 Å². The number of hydrogen-bond donors (Lipinski definition) is 2. The molecule has 0 aliphatic rings. The first-order chi connectivity index (χ1) is 10.4. The van der Waals surface area contributed by atoms with Crippen LogP contribution in [0.5, 0.6) is 0 Å². The first kappa shape index (κ1) is 18.2. The fourth-order valence-electron chi connectivity index (χ4n) is 2.32. The van der Waals surface area contributed by atoms with Crippen LogP contribution in [-0.4, -0.2) is 55.6 Å². The summed E-state index contributed by atoms with van der Waals surface area (Å²) < 4.78 is 5.02. The Balaban J connectivity index is 2.59. The van der Waals surface area contributed by atoms with Gasteiger partial charge in [0.25, 0.3) is 0 Å². The predicted octanol–water partition coefficient (Wildman–Crippen LogP) is 1.42. The zero-order valence-electron chi connectivity index (χ0n) is 14.2. The molecule has 6 heteroatoms. The number of aryl methyl sites for hydroxylation is 1. The fraction of sp³-hybridized carbons (Fsp3) is 0.625. The van der Waals surface area contributed by atoms with E-state index in [1.165, 1.54) is 0 Å². The minimum atomic E-state index is -0.343. The third-order valence-corrected chi connectivity index (χ3v) is 3.56. The maximum atomic E-state index is 11.8. The van der Waals surface area contributed by atoms with Crippen molar-refractivity contribution in [3.8, 4) is 0 Å². The van der Waals surface area contributed by atoms with Gasteiger partial charge in [0.2, 0.25) is 5.91 Å². The molecule has 22 heavy (non-hydrogen) atoms. The highest BCUT2D eigenvalue weighted by Gasteiger charge is 2.18. The van der Waals surface area contributed by atoms with Gasteiger partial charge in [0.1, 0.15) is 5.69 Å². The normalized spacial score (nSPS) is 10.8. The molecule has 1 aromatic rings. The summed E-state index contributed by atoms with van der Waals surface area (Å²) in [5, 5.41) is 2.89. The van der Waals surface area contributed by atoms with Crippen molar-refractivity contribution < 1.29 is 14.3 Å². The molecule has 0 aromatic carbocycles. The van der Waals surface area contributed by atoms with E-state index in [9.17, 15) is 9.59 Å². The Hall–Kier alpha value is -1.82. The van der Waals surface area contributed by atoms with Gasteiger partial charge in [-0.2, -0.15) is 0 Å². The van der Waals surface area contributed by atoms with Gasteiger partial charge in [0.05, 0.1) is 6.61 Å². The van der Waals surface area contributed by atoms with Crippen LogP contribution in [0.3, 0.4) is 0 Å². The number of likely N-dealkylation sites (N-methyl/N-ethyl adjacent to an activating group) is 1. The van der Waals surface area contributed by atoms with Gasteiger partial charge >= 0.3 is 5.97 Å². The van der Waals surface area contributed by atoms with Crippen molar-refractivity contribution in [2.75, 3.05) is 33.8 Å². The van der Waals surface area contributed by atoms with E-state index in [4.69, 9.17) is 4.74 Å². The van der Waals surface area contributed by atoms with Gasteiger partial charge in [-0.05, 0) is 52.4 Å². The van der Waals surface area contributed by atoms with Gasteiger partial charge < -0.3 is 19.9 Å². The SMILES string of the molecule is CCOC(=O)c1[nH]c(C)c(CCC(=O)NCCN(C)C)c1C. The largest absolute Gasteiger partial charge is 0.461 e. The molecule has 1 heterocycles. The van der Waals surface area contributed by atoms with Gasteiger partial charge in [0.15, 0.2) is 0 Å². The molecule has 0 saturated heterocycles. The van der Waals surface area contributed by atoms with E-state index in [0.717, 1.165) is 23.4 Å². The number of hydrogen-bond acceptors (Lipinski definition) is 4. The number of nitrogens with zero attached hydrogens (tertiary/aromatic N) is 1. The highest BCUT2D eigenvalue weighted by atomic mass is 16.5. The van der Waals surface area contributed by atoms with Crippen LogP contribution in [0.15, 0.2) is 0 Å². The van der Waals surface area contributed by atoms with Gasteiger partial charge in [0, 0.05) is 25.2 Å². The first-order valence-electron chi connectivity index (χ1n) is 7.63. The lowest BCUT2D eigenvalue weighted by atomic mass is 10.0. The van der Waals surface area contributed by atoms with Crippen LogP contribution in [0.25, 0.3) is 0 Å². The molecule has 0 spiro atoms. The third kappa shape index (κ3) is 5.18. The molecule has 0 unspecified atom stereocenters. The number of aromatic nitrogens is 1. The Morgan fingerprint density at radius 1 is 1.27 bits per heavy atom. The first-order valence-corrected chi connectivity index (χ1v) is 7.63. The highest BCUT2D eigenvalue weighted by molar-refractivity contribution is 5.90. The molecule has 124 valence electrons. The topological polar surface area (TPSA) is 74.4 Å². The van der Waals surface area contributed by atoms with E-state index in [-0.39, 0.29) is 11.9 Å². The molecule has 1 amide bonds. The maximum Gasteiger partial charge on any atom is 0.355 e. The maximum absolute atomic E-state index is 11.8. The van der Waals surface area contributed by atoms with Gasteiger partial charge in [-0.25, -0.2) is 4.79 Å². The molecule has 0 atom stereocenters. The van der Waals surface area contributed by atoms with E-state index >= 15 is 0 Å². The molecule has 0 aliphatic heterocycles. The van der Waals surface area contributed by atoms with Gasteiger partial charge in [-0.1, -0.05) is 0 Å². The second-order valence-electron chi connectivity index (χ2n) is 5.60. The van der Waals surface area contributed by atoms with E-state index in [2.05, 4.69) is 10.3 Å². The number of H-pyrrole nitrogens is 1. The van der Waals surface area contributed by atoms with Crippen LogP contribution in [0.1, 0.15) is 40.7 Å². The average molecular weight is 309 g/mol. The molecular weight excluding hydrogens is 282 g/mol. The summed E-state index contributed by atoms with van der Waals surface area (Å²) in [6.07, 6.45) is 1.02. The summed E-state index contributed by atoms with van der Waals surface area (Å²) in [4.78, 5) is 28.8. The highest BCUT2D eigenvalue weighted by Crippen LogP contribution is 2.20. The number of ether oxygens (including phenoxy) is 1. The second-order valence-corrected chi connectivity index (χ2v) is 5.60. The lowest BCUT2D eigenvalue weighted by Crippen LogP contribution is -2.31. The van der Waals surface area contributed by atoms with E-state index in [1.807, 2.05) is 32.8 Å². The molecule has 0 aliphatic carbocycles. The Kier molecular flexibility index (Phi) is 7.11. The van der Waals surface area contributed by atoms with Gasteiger partial charge in [-0.3, -0.25) is 4.79 Å². The van der Waals surface area contributed by atoms with Crippen LogP contribution < -0.4 is 5.32 Å². The number of aromatic amines is 1. The lowest BCUT2D eigenvalue weighted by molar-refractivity contribution is -0.121. The zero-order valence-corrected chi connectivity index (χ0v) is 14.2. The van der Waals surface area contributed by atoms with Gasteiger partial charge in [-0.15, -0.1) is 0 Å². The molecular formula is C16H27N3O3. The van der Waals surface area contributed by atoms with E-state index in [1.54, 1.807) is 6.92 Å². The van der Waals surface area contributed by atoms with Crippen molar-refractivity contribution in [1.82, 2.24) is 15.2 Å². The summed E-state index contributed by atoms with van der Waals surface area (Å²) in [6.45, 7) is 7.39. The van der Waals surface area contributed by atoms with Crippen molar-refractivity contribution >= 4 is 11.9 Å². The van der Waals surface area contributed by atoms with Crippen molar-refractivity contribution in [3.63, 3.8) is 0 Å². The zero-order chi connectivity index (χ0) is 16.7. The number of amides is 1. The van der Waals surface area contributed by atoms with E-state index < -0.39 is 0 Å². The Labute approximate surface area is 132 Å². The summed E-state index contributed by atoms with van der Waals surface area (Å²) in [6, 6.07) is 0. The van der Waals surface area contributed by atoms with Crippen LogP contribution in [0, 0.1) is 13.8 Å². The molecule has 0 bridgehead atoms. The number of carbonyl (C=O) groups excluding carboxylic acids is 2. The molecule has 1 aromatic heterocycles. The number of esters is 1. The molecule has 0 saturated carbocycles. The lowest BCUT2D eigenvalue weighted by Gasteiger charge is -2.10. The third-order valence-electron chi connectivity index (χ3n) is 3.56. The minimum absolute atomic E-state index is 0.0273. The summed E-state index contributed by atoms with van der Waals surface area (Å²) >= 11 is 0. The van der Waals surface area contributed by atoms with Crippen LogP contribution >= 0.6 is 0 Å². The van der Waals surface area contributed by atoms with Crippen LogP contribution in [-0.2, 0) is 16.0 Å². The number of nitrogens with one attached hydrogen (secondary N) is 2. The standard InChI is InChI=1S/C16H27N3O3/c1-6-22-16(21)15-11(2)13(12(3)18-15)7-8-14(20)17-9-10-19(4)5/h18H,6-10H2,1-5H3,(H,17,20). The Bertz CT molecular complexity index is 521. The molecule has 1 rings (SSSR count). The molecule has 0 radical (unpaired) electrons. The minimum Gasteiger partial charge on any atom is -0.461 e. The molecule has 0 fully saturated rings. The molecule has 6 nitrogen and oxygen atoms in total. The summed E-state index contributed by atoms with van der Waals surface area (Å²) in [5.41, 5.74) is 3.30. The average Bonchev–Trinajstić information content (AvgIpc) is 2.72. The predicted molar refractivity (Wildman–Crippen MR) is 86.1 cm³/mol. The summed E-state index contributed by atoms with van der Waals surface area (Å²) in [7, 11) is 3.94. The van der Waals surface area contributed by atoms with Crippen molar-refractivity contribution in [1.29, 1.82) is 0 Å². The number of carbonyl (C=O) groups is 2. The van der Waals surface area contributed by atoms with Crippen LogP contribution in [0.2, 0.25) is 0 Å². The fourth-order valence-corrected chi connectivity index (χ4v) is 2.32. The van der Waals surface area contributed by atoms with Crippen molar-refractivity contribution in [2.24, 2.45) is 0 Å². The quantitative estimate of drug-likeness (QED) is 0.712. The van der Waals surface area contributed by atoms with E-state index in [0.29, 0.717) is 31.7 Å². The smallest absolute Gasteiger partial charge is 0.355 e. The Morgan fingerprint density at radius 2 is 1.95 bits per heavy atom. The summed E-state index contributed by atoms with van der Waals surface area (Å²) in [5.74, 6) is -0.315. The molecule has 2 N–H and O–H groups in total. The monoisotopic (exact) mass is 309 g/mol. The Morgan fingerprint density at radius 3 is 2.55 bits per heavy atom. The van der Waals surface area contributed by atoms with Crippen molar-refractivity contribution in [3.05, 3.63) is 22.5 Å². The van der Waals surface area contributed by atoms with Crippen LogP contribution in [0.4, 0.5) is 0 Å². The second kappa shape index (κ2) is 8.58.